The van der Waals surface area contributed by atoms with Crippen molar-refractivity contribution in [3.8, 4) is 22.6 Å². The van der Waals surface area contributed by atoms with E-state index in [-0.39, 0.29) is 11.8 Å². The predicted octanol–water partition coefficient (Wildman–Crippen LogP) is 5.75. The minimum atomic E-state index is -0.159. The summed E-state index contributed by atoms with van der Waals surface area (Å²) in [5.41, 5.74) is 6.33. The highest BCUT2D eigenvalue weighted by Gasteiger charge is 2.28. The van der Waals surface area contributed by atoms with Crippen LogP contribution < -0.4 is 19.7 Å². The Kier molecular flexibility index (Phi) is 7.91. The molecular formula is C35H32N4O4. The molecule has 1 aliphatic rings. The summed E-state index contributed by atoms with van der Waals surface area (Å²) in [5.74, 6) is 0.981. The zero-order valence-corrected chi connectivity index (χ0v) is 24.1. The van der Waals surface area contributed by atoms with Crippen molar-refractivity contribution in [2.24, 2.45) is 0 Å². The Bertz CT molecular complexity index is 1780. The van der Waals surface area contributed by atoms with Crippen LogP contribution in [0.4, 0.5) is 5.69 Å². The van der Waals surface area contributed by atoms with E-state index in [2.05, 4.69) is 10.3 Å². The third kappa shape index (κ3) is 5.59. The molecule has 2 aromatic heterocycles. The van der Waals surface area contributed by atoms with Gasteiger partial charge in [0.1, 0.15) is 17.2 Å². The first kappa shape index (κ1) is 27.8. The molecule has 2 amide bonds. The Balaban J connectivity index is 1.28. The number of anilines is 1. The van der Waals surface area contributed by atoms with E-state index in [1.807, 2.05) is 95.6 Å². The van der Waals surface area contributed by atoms with Crippen LogP contribution in [0, 0.1) is 0 Å². The molecule has 216 valence electrons. The van der Waals surface area contributed by atoms with Crippen molar-refractivity contribution in [3.05, 3.63) is 131 Å². The Morgan fingerprint density at radius 1 is 0.814 bits per heavy atom. The first-order valence-corrected chi connectivity index (χ1v) is 14.1. The number of aromatic nitrogens is 2. The molecule has 8 heteroatoms. The normalized spacial score (nSPS) is 12.1. The zero-order valence-electron chi connectivity index (χ0n) is 24.1. The number of nitrogens with zero attached hydrogens (tertiary/aromatic N) is 3. The van der Waals surface area contributed by atoms with Gasteiger partial charge in [-0.25, -0.2) is 0 Å². The van der Waals surface area contributed by atoms with Crippen LogP contribution in [0.2, 0.25) is 0 Å². The fourth-order valence-electron chi connectivity index (χ4n) is 5.55. The average molecular weight is 573 g/mol. The maximum absolute atomic E-state index is 14.1. The van der Waals surface area contributed by atoms with E-state index < -0.39 is 0 Å². The third-order valence-corrected chi connectivity index (χ3v) is 7.72. The SMILES string of the molecule is COc1ccccc1-c1ccc(C(=O)N2Cc3ccc(C(=O)NCCc4ccccn4)n3Cc3ccccc32)cc1OC. The number of carbonyl (C=O) groups is 2. The van der Waals surface area contributed by atoms with Crippen molar-refractivity contribution in [1.82, 2.24) is 14.9 Å². The van der Waals surface area contributed by atoms with Gasteiger partial charge in [0.05, 0.1) is 27.3 Å². The van der Waals surface area contributed by atoms with Crippen LogP contribution in [0.3, 0.4) is 0 Å². The Labute approximate surface area is 250 Å². The lowest BCUT2D eigenvalue weighted by molar-refractivity contribution is 0.0944. The van der Waals surface area contributed by atoms with Crippen LogP contribution in [0.25, 0.3) is 11.1 Å². The van der Waals surface area contributed by atoms with E-state index in [1.165, 1.54) is 0 Å². The molecule has 8 nitrogen and oxygen atoms in total. The number of amides is 2. The molecule has 0 aliphatic carbocycles. The van der Waals surface area contributed by atoms with Gasteiger partial charge in [-0.2, -0.15) is 0 Å². The second-order valence-corrected chi connectivity index (χ2v) is 10.3. The predicted molar refractivity (Wildman–Crippen MR) is 166 cm³/mol. The zero-order chi connectivity index (χ0) is 29.8. The average Bonchev–Trinajstić information content (AvgIpc) is 3.37. The molecule has 0 bridgehead atoms. The smallest absolute Gasteiger partial charge is 0.267 e. The van der Waals surface area contributed by atoms with Gasteiger partial charge in [0, 0.05) is 52.9 Å². The van der Waals surface area contributed by atoms with Crippen molar-refractivity contribution in [2.75, 3.05) is 25.7 Å². The first-order valence-electron chi connectivity index (χ1n) is 14.1. The van der Waals surface area contributed by atoms with Crippen molar-refractivity contribution in [2.45, 2.75) is 19.5 Å². The number of ether oxygens (including phenoxy) is 2. The van der Waals surface area contributed by atoms with E-state index in [0.29, 0.717) is 43.1 Å². The molecule has 0 fully saturated rings. The molecule has 3 aromatic carbocycles. The quantitative estimate of drug-likeness (QED) is 0.256. The molecule has 0 saturated heterocycles. The van der Waals surface area contributed by atoms with Crippen LogP contribution in [-0.2, 0) is 19.5 Å². The fraction of sp³-hybridized carbons (Fsp3) is 0.171. The molecule has 43 heavy (non-hydrogen) atoms. The van der Waals surface area contributed by atoms with Crippen LogP contribution in [0.5, 0.6) is 11.5 Å². The van der Waals surface area contributed by atoms with Crippen molar-refractivity contribution < 1.29 is 19.1 Å². The minimum absolute atomic E-state index is 0.156. The van der Waals surface area contributed by atoms with Gasteiger partial charge >= 0.3 is 0 Å². The number of methoxy groups -OCH3 is 2. The van der Waals surface area contributed by atoms with Crippen LogP contribution >= 0.6 is 0 Å². The fourth-order valence-corrected chi connectivity index (χ4v) is 5.55. The second kappa shape index (κ2) is 12.2. The van der Waals surface area contributed by atoms with Gasteiger partial charge in [0.15, 0.2) is 0 Å². The van der Waals surface area contributed by atoms with E-state index in [9.17, 15) is 9.59 Å². The highest BCUT2D eigenvalue weighted by molar-refractivity contribution is 6.07. The summed E-state index contributed by atoms with van der Waals surface area (Å²) < 4.78 is 13.3. The Morgan fingerprint density at radius 3 is 2.40 bits per heavy atom. The summed E-state index contributed by atoms with van der Waals surface area (Å²) in [6, 6.07) is 30.5. The summed E-state index contributed by atoms with van der Waals surface area (Å²) >= 11 is 0. The van der Waals surface area contributed by atoms with Gasteiger partial charge in [-0.1, -0.05) is 42.5 Å². The van der Waals surface area contributed by atoms with Gasteiger partial charge in [0.25, 0.3) is 11.8 Å². The number of fused-ring (bicyclic) bond motifs is 2. The summed E-state index contributed by atoms with van der Waals surface area (Å²) in [6.45, 7) is 1.26. The molecule has 0 saturated carbocycles. The summed E-state index contributed by atoms with van der Waals surface area (Å²) in [7, 11) is 3.23. The number of rotatable bonds is 8. The molecular weight excluding hydrogens is 540 g/mol. The van der Waals surface area contributed by atoms with Crippen LogP contribution in [-0.4, -0.2) is 42.1 Å². The van der Waals surface area contributed by atoms with Gasteiger partial charge in [-0.05, 0) is 60.2 Å². The number of hydrogen-bond acceptors (Lipinski definition) is 5. The summed E-state index contributed by atoms with van der Waals surface area (Å²) in [4.78, 5) is 33.5. The van der Waals surface area contributed by atoms with Gasteiger partial charge in [-0.15, -0.1) is 0 Å². The maximum Gasteiger partial charge on any atom is 0.267 e. The molecule has 5 aromatic rings. The summed E-state index contributed by atoms with van der Waals surface area (Å²) in [5, 5.41) is 3.02. The number of nitrogens with one attached hydrogen (secondary N) is 1. The maximum atomic E-state index is 14.1. The van der Waals surface area contributed by atoms with E-state index in [0.717, 1.165) is 39.5 Å². The largest absolute Gasteiger partial charge is 0.496 e. The number of para-hydroxylation sites is 2. The first-order chi connectivity index (χ1) is 21.1. The minimum Gasteiger partial charge on any atom is -0.496 e. The van der Waals surface area contributed by atoms with E-state index >= 15 is 0 Å². The molecule has 0 spiro atoms. The van der Waals surface area contributed by atoms with Gasteiger partial charge in [0.2, 0.25) is 0 Å². The number of carbonyl (C=O) groups excluding carboxylic acids is 2. The number of hydrogen-bond donors (Lipinski definition) is 1. The molecule has 3 heterocycles. The highest BCUT2D eigenvalue weighted by atomic mass is 16.5. The lowest BCUT2D eigenvalue weighted by Gasteiger charge is -2.23. The topological polar surface area (TPSA) is 85.7 Å². The third-order valence-electron chi connectivity index (χ3n) is 7.72. The second-order valence-electron chi connectivity index (χ2n) is 10.3. The lowest BCUT2D eigenvalue weighted by atomic mass is 10.0. The van der Waals surface area contributed by atoms with Gasteiger partial charge < -0.3 is 24.3 Å². The highest BCUT2D eigenvalue weighted by Crippen LogP contribution is 2.38. The lowest BCUT2D eigenvalue weighted by Crippen LogP contribution is -2.31. The monoisotopic (exact) mass is 572 g/mol. The molecule has 0 atom stereocenters. The molecule has 6 rings (SSSR count). The molecule has 0 radical (unpaired) electrons. The number of pyridine rings is 1. The van der Waals surface area contributed by atoms with Crippen LogP contribution in [0.1, 0.15) is 37.8 Å². The van der Waals surface area contributed by atoms with E-state index in [1.54, 1.807) is 31.4 Å². The summed E-state index contributed by atoms with van der Waals surface area (Å²) in [6.07, 6.45) is 2.39. The van der Waals surface area contributed by atoms with Crippen LogP contribution in [0.15, 0.2) is 103 Å². The Morgan fingerprint density at radius 2 is 1.58 bits per heavy atom. The van der Waals surface area contributed by atoms with Gasteiger partial charge in [-0.3, -0.25) is 14.6 Å². The van der Waals surface area contributed by atoms with Crippen molar-refractivity contribution in [3.63, 3.8) is 0 Å². The molecule has 0 unspecified atom stereocenters. The van der Waals surface area contributed by atoms with Crippen molar-refractivity contribution in [1.29, 1.82) is 0 Å². The van der Waals surface area contributed by atoms with Crippen molar-refractivity contribution >= 4 is 17.5 Å². The molecule has 1 aliphatic heterocycles. The molecule has 1 N–H and O–H groups in total. The van der Waals surface area contributed by atoms with E-state index in [4.69, 9.17) is 9.47 Å². The number of benzene rings is 3. The Hall–Kier alpha value is -5.37. The standard InChI is InChI=1S/C35H32N4O4/c1-42-32-13-6-4-11-28(32)29-16-14-24(21-33(29)43-2)35(41)39-23-27-15-17-31(38(27)22-25-9-3-5-12-30(25)39)34(40)37-20-18-26-10-7-8-19-36-26/h3-17,19,21H,18,20,22-23H2,1-2H3,(H,37,40).